The van der Waals surface area contributed by atoms with E-state index in [1.54, 1.807) is 13.8 Å². The van der Waals surface area contributed by atoms with Crippen molar-refractivity contribution in [3.8, 4) is 6.07 Å². The Labute approximate surface area is 173 Å². The first-order chi connectivity index (χ1) is 13.4. The summed E-state index contributed by atoms with van der Waals surface area (Å²) in [6.07, 6.45) is 0.778. The Balaban J connectivity index is 1.85. The fourth-order valence-corrected chi connectivity index (χ4v) is 4.64. The highest BCUT2D eigenvalue weighted by Crippen LogP contribution is 2.40. The Morgan fingerprint density at radius 2 is 1.89 bits per heavy atom. The van der Waals surface area contributed by atoms with E-state index in [2.05, 4.69) is 0 Å². The van der Waals surface area contributed by atoms with Crippen LogP contribution in [0.15, 0.2) is 40.1 Å². The molecule has 0 radical (unpaired) electrons. The van der Waals surface area contributed by atoms with Crippen molar-refractivity contribution in [2.45, 2.75) is 50.8 Å². The van der Waals surface area contributed by atoms with Crippen molar-refractivity contribution >= 4 is 29.3 Å². The van der Waals surface area contributed by atoms with Crippen LogP contribution in [-0.4, -0.2) is 48.7 Å². The first-order valence-electron chi connectivity index (χ1n) is 8.83. The molecule has 28 heavy (non-hydrogen) atoms. The second-order valence-electron chi connectivity index (χ2n) is 6.83. The van der Waals surface area contributed by atoms with Crippen LogP contribution in [0.5, 0.6) is 0 Å². The fraction of sp³-hybridized carbons (Fsp3) is 0.500. The summed E-state index contributed by atoms with van der Waals surface area (Å²) < 4.78 is 24.3. The molecular formula is C20H23NO5S2. The Bertz CT molecular complexity index is 784. The van der Waals surface area contributed by atoms with Crippen LogP contribution in [0.1, 0.15) is 19.4 Å². The molecule has 2 aliphatic rings. The van der Waals surface area contributed by atoms with Crippen LogP contribution in [0.3, 0.4) is 0 Å². The molecule has 2 heterocycles. The summed E-state index contributed by atoms with van der Waals surface area (Å²) in [5.41, 5.74) is 1.05. The molecule has 0 aliphatic carbocycles. The third-order valence-corrected chi connectivity index (χ3v) is 6.62. The zero-order chi connectivity index (χ0) is 20.3. The van der Waals surface area contributed by atoms with E-state index in [9.17, 15) is 10.1 Å². The van der Waals surface area contributed by atoms with E-state index >= 15 is 0 Å². The molecule has 0 spiro atoms. The Hall–Kier alpha value is -1.34. The van der Waals surface area contributed by atoms with E-state index in [1.807, 2.05) is 48.9 Å². The number of nitrogens with zero attached hydrogens (tertiary/aromatic N) is 1. The molecule has 150 valence electrons. The van der Waals surface area contributed by atoms with Gasteiger partial charge in [-0.2, -0.15) is 5.26 Å². The summed E-state index contributed by atoms with van der Waals surface area (Å²) in [7, 11) is 0. The van der Waals surface area contributed by atoms with Crippen LogP contribution in [0.4, 0.5) is 0 Å². The van der Waals surface area contributed by atoms with Crippen molar-refractivity contribution in [2.24, 2.45) is 0 Å². The first kappa shape index (κ1) is 21.4. The molecule has 2 aliphatic heterocycles. The normalized spacial score (nSPS) is 27.8. The largest absolute Gasteiger partial charge is 0.367 e. The predicted molar refractivity (Wildman–Crippen MR) is 108 cm³/mol. The lowest BCUT2D eigenvalue weighted by Crippen LogP contribution is -2.41. The second-order valence-corrected chi connectivity index (χ2v) is 8.72. The fourth-order valence-electron chi connectivity index (χ4n) is 3.27. The lowest BCUT2D eigenvalue weighted by Gasteiger charge is -2.25. The molecule has 8 heteroatoms. The van der Waals surface area contributed by atoms with Crippen LogP contribution in [0.25, 0.3) is 0 Å². The van der Waals surface area contributed by atoms with Gasteiger partial charge in [-0.05, 0) is 31.9 Å². The van der Waals surface area contributed by atoms with E-state index in [-0.39, 0.29) is 5.57 Å². The predicted octanol–water partition coefficient (Wildman–Crippen LogP) is 3.48. The van der Waals surface area contributed by atoms with Gasteiger partial charge in [-0.25, -0.2) is 0 Å². The lowest BCUT2D eigenvalue weighted by atomic mass is 10.0. The molecular weight excluding hydrogens is 398 g/mol. The second kappa shape index (κ2) is 8.99. The van der Waals surface area contributed by atoms with Gasteiger partial charge in [-0.3, -0.25) is 4.79 Å². The van der Waals surface area contributed by atoms with Crippen molar-refractivity contribution in [3.63, 3.8) is 0 Å². The number of thioether (sulfide) groups is 2. The Kier molecular flexibility index (Phi) is 6.86. The van der Waals surface area contributed by atoms with E-state index in [4.69, 9.17) is 18.9 Å². The summed E-state index contributed by atoms with van der Waals surface area (Å²) in [6, 6.07) is 11.7. The molecule has 0 bridgehead atoms. The molecule has 6 nitrogen and oxygen atoms in total. The van der Waals surface area contributed by atoms with E-state index in [1.165, 1.54) is 23.5 Å². The van der Waals surface area contributed by atoms with Crippen molar-refractivity contribution in [3.05, 3.63) is 45.7 Å². The number of ether oxygens (including phenoxy) is 4. The maximum atomic E-state index is 13.1. The monoisotopic (exact) mass is 421 g/mol. The number of Topliss-reactive ketones (excluding diaryl/α,β-unsaturated/α-hetero) is 1. The van der Waals surface area contributed by atoms with Gasteiger partial charge in [-0.1, -0.05) is 30.3 Å². The highest BCUT2D eigenvalue weighted by Gasteiger charge is 2.57. The van der Waals surface area contributed by atoms with E-state index in [0.29, 0.717) is 10.8 Å². The third-order valence-electron chi connectivity index (χ3n) is 4.47. The zero-order valence-electron chi connectivity index (χ0n) is 16.2. The van der Waals surface area contributed by atoms with E-state index < -0.39 is 36.2 Å². The molecule has 1 aromatic rings. The SMILES string of the molecule is CSC(SC)=C(C#N)C(=O)[C@H]1O[C@@H]2OC(C)(C)O[C@@H]2[C@H]1OCc1ccccc1. The standard InChI is InChI=1S/C20H23NO5S2/c1-20(2)25-17-16(23-11-12-8-6-5-7-9-12)15(24-18(17)26-20)14(22)13(10-21)19(27-3)28-4/h5-9,15-18H,11H2,1-4H3/t15-,16+,17-,18-/m1/s1. The van der Waals surface area contributed by atoms with Gasteiger partial charge in [0, 0.05) is 0 Å². The van der Waals surface area contributed by atoms with Crippen LogP contribution in [-0.2, 0) is 30.3 Å². The quantitative estimate of drug-likeness (QED) is 0.489. The molecule has 0 aromatic heterocycles. The molecule has 2 saturated heterocycles. The molecule has 0 saturated carbocycles. The number of hydrogen-bond acceptors (Lipinski definition) is 8. The Morgan fingerprint density at radius 3 is 2.50 bits per heavy atom. The van der Waals surface area contributed by atoms with Gasteiger partial charge in [0.15, 0.2) is 18.2 Å². The maximum absolute atomic E-state index is 13.1. The third kappa shape index (κ3) is 4.46. The minimum Gasteiger partial charge on any atom is -0.367 e. The smallest absolute Gasteiger partial charge is 0.206 e. The number of nitriles is 1. The van der Waals surface area contributed by atoms with Gasteiger partial charge >= 0.3 is 0 Å². The van der Waals surface area contributed by atoms with Crippen LogP contribution >= 0.6 is 23.5 Å². The van der Waals surface area contributed by atoms with Gasteiger partial charge in [0.05, 0.1) is 10.8 Å². The van der Waals surface area contributed by atoms with Gasteiger partial charge in [0.25, 0.3) is 0 Å². The first-order valence-corrected chi connectivity index (χ1v) is 11.3. The summed E-state index contributed by atoms with van der Waals surface area (Å²) in [6.45, 7) is 3.88. The van der Waals surface area contributed by atoms with Gasteiger partial charge < -0.3 is 18.9 Å². The van der Waals surface area contributed by atoms with Gasteiger partial charge in [0.2, 0.25) is 5.78 Å². The van der Waals surface area contributed by atoms with Gasteiger partial charge in [0.1, 0.15) is 23.9 Å². The zero-order valence-corrected chi connectivity index (χ0v) is 17.8. The van der Waals surface area contributed by atoms with Crippen molar-refractivity contribution in [2.75, 3.05) is 12.5 Å². The minimum absolute atomic E-state index is 0.0811. The number of carbonyl (C=O) groups is 1. The summed E-state index contributed by atoms with van der Waals surface area (Å²) in [5, 5.41) is 9.56. The molecule has 0 amide bonds. The number of benzene rings is 1. The summed E-state index contributed by atoms with van der Waals surface area (Å²) >= 11 is 2.73. The lowest BCUT2D eigenvalue weighted by molar-refractivity contribution is -0.217. The average Bonchev–Trinajstić information content (AvgIpc) is 3.16. The maximum Gasteiger partial charge on any atom is 0.206 e. The number of fused-ring (bicyclic) bond motifs is 1. The molecule has 4 atom stereocenters. The van der Waals surface area contributed by atoms with Crippen LogP contribution in [0.2, 0.25) is 0 Å². The molecule has 0 N–H and O–H groups in total. The topological polar surface area (TPSA) is 77.8 Å². The molecule has 1 aromatic carbocycles. The molecule has 0 unspecified atom stereocenters. The molecule has 2 fully saturated rings. The minimum atomic E-state index is -0.959. The number of ketones is 1. The van der Waals surface area contributed by atoms with Crippen LogP contribution < -0.4 is 0 Å². The number of carbonyl (C=O) groups excluding carboxylic acids is 1. The van der Waals surface area contributed by atoms with Crippen molar-refractivity contribution < 1.29 is 23.7 Å². The summed E-state index contributed by atoms with van der Waals surface area (Å²) in [4.78, 5) is 13.1. The molecule has 3 rings (SSSR count). The van der Waals surface area contributed by atoms with Crippen molar-refractivity contribution in [1.29, 1.82) is 5.26 Å². The van der Waals surface area contributed by atoms with Gasteiger partial charge in [-0.15, -0.1) is 23.5 Å². The number of rotatable bonds is 7. The Morgan fingerprint density at radius 1 is 1.21 bits per heavy atom. The average molecular weight is 422 g/mol. The highest BCUT2D eigenvalue weighted by molar-refractivity contribution is 8.21. The highest BCUT2D eigenvalue weighted by atomic mass is 32.2. The van der Waals surface area contributed by atoms with E-state index in [0.717, 1.165) is 5.56 Å². The van der Waals surface area contributed by atoms with Crippen LogP contribution in [0, 0.1) is 11.3 Å². The number of hydrogen-bond donors (Lipinski definition) is 0. The van der Waals surface area contributed by atoms with Crippen molar-refractivity contribution in [1.82, 2.24) is 0 Å². The summed E-state index contributed by atoms with van der Waals surface area (Å²) in [5.74, 6) is -1.23.